The summed E-state index contributed by atoms with van der Waals surface area (Å²) in [7, 11) is 1.33. The van der Waals surface area contributed by atoms with Crippen LogP contribution in [0.15, 0.2) is 64.6 Å². The summed E-state index contributed by atoms with van der Waals surface area (Å²) in [6.45, 7) is 0. The molecule has 0 aliphatic rings. The lowest BCUT2D eigenvalue weighted by Gasteiger charge is -2.00. The Morgan fingerprint density at radius 3 is 2.42 bits per heavy atom. The van der Waals surface area contributed by atoms with Gasteiger partial charge in [0, 0.05) is 0 Å². The van der Waals surface area contributed by atoms with Gasteiger partial charge in [-0.2, -0.15) is 9.98 Å². The third-order valence-corrected chi connectivity index (χ3v) is 2.42. The molecule has 0 saturated heterocycles. The summed E-state index contributed by atoms with van der Waals surface area (Å²) in [5.74, 6) is -0.430. The van der Waals surface area contributed by atoms with Crippen LogP contribution >= 0.6 is 0 Å². The fourth-order valence-electron chi connectivity index (χ4n) is 1.49. The maximum Gasteiger partial charge on any atom is 0.340 e. The molecule has 0 heterocycles. The molecule has 0 aromatic heterocycles. The number of nitrogens with zero attached hydrogens (tertiary/aromatic N) is 2. The van der Waals surface area contributed by atoms with Gasteiger partial charge in [0.05, 0.1) is 24.0 Å². The predicted octanol–water partition coefficient (Wildman–Crippen LogP) is 3.61. The first-order chi connectivity index (χ1) is 9.31. The summed E-state index contributed by atoms with van der Waals surface area (Å²) in [4.78, 5) is 19.6. The van der Waals surface area contributed by atoms with Crippen molar-refractivity contribution in [2.75, 3.05) is 7.11 Å². The zero-order chi connectivity index (χ0) is 13.5. The Kier molecular flexibility index (Phi) is 4.21. The van der Waals surface area contributed by atoms with Crippen molar-refractivity contribution < 1.29 is 9.53 Å². The van der Waals surface area contributed by atoms with Crippen molar-refractivity contribution in [2.24, 2.45) is 9.98 Å². The minimum absolute atomic E-state index is 0.390. The van der Waals surface area contributed by atoms with Crippen molar-refractivity contribution in [3.05, 3.63) is 60.2 Å². The maximum absolute atomic E-state index is 11.5. The van der Waals surface area contributed by atoms with E-state index in [-0.39, 0.29) is 0 Å². The molecule has 4 heteroatoms. The van der Waals surface area contributed by atoms with Gasteiger partial charge in [0.1, 0.15) is 6.01 Å². The average molecular weight is 252 g/mol. The topological polar surface area (TPSA) is 51.0 Å². The van der Waals surface area contributed by atoms with Gasteiger partial charge >= 0.3 is 5.97 Å². The van der Waals surface area contributed by atoms with Gasteiger partial charge in [0.25, 0.3) is 0 Å². The number of methoxy groups -OCH3 is 1. The molecule has 0 unspecified atom stereocenters. The van der Waals surface area contributed by atoms with Crippen molar-refractivity contribution >= 4 is 23.4 Å². The molecular weight excluding hydrogens is 240 g/mol. The summed E-state index contributed by atoms with van der Waals surface area (Å²) in [6, 6.07) is 18.8. The van der Waals surface area contributed by atoms with Gasteiger partial charge in [-0.15, -0.1) is 0 Å². The first-order valence-corrected chi connectivity index (χ1v) is 5.70. The van der Waals surface area contributed by atoms with Crippen LogP contribution in [0.25, 0.3) is 0 Å². The van der Waals surface area contributed by atoms with Crippen LogP contribution < -0.4 is 0 Å². The first-order valence-electron chi connectivity index (χ1n) is 5.70. The second kappa shape index (κ2) is 6.28. The lowest BCUT2D eigenvalue weighted by atomic mass is 10.2. The van der Waals surface area contributed by atoms with E-state index in [0.29, 0.717) is 11.3 Å². The van der Waals surface area contributed by atoms with Crippen LogP contribution in [-0.4, -0.2) is 19.1 Å². The van der Waals surface area contributed by atoms with E-state index in [0.717, 1.165) is 5.69 Å². The number of carbonyl (C=O) groups is 1. The zero-order valence-electron chi connectivity index (χ0n) is 10.4. The predicted molar refractivity (Wildman–Crippen MR) is 73.4 cm³/mol. The molecule has 2 rings (SSSR count). The van der Waals surface area contributed by atoms with Crippen LogP contribution in [0, 0.1) is 0 Å². The Morgan fingerprint density at radius 1 is 1.00 bits per heavy atom. The SMILES string of the molecule is COC(=O)c1ccccc1N=C=Nc1ccccc1. The smallest absolute Gasteiger partial charge is 0.340 e. The Morgan fingerprint density at radius 2 is 1.68 bits per heavy atom. The van der Waals surface area contributed by atoms with Crippen molar-refractivity contribution in [3.8, 4) is 0 Å². The van der Waals surface area contributed by atoms with E-state index in [2.05, 4.69) is 20.7 Å². The standard InChI is InChI=1S/C15H12N2O2/c1-19-15(18)13-9-5-6-10-14(13)17-11-16-12-7-3-2-4-8-12/h2-10H,1H3. The summed E-state index contributed by atoms with van der Waals surface area (Å²) >= 11 is 0. The Bertz CT molecular complexity index is 630. The molecule has 0 saturated carbocycles. The van der Waals surface area contributed by atoms with E-state index < -0.39 is 5.97 Å². The van der Waals surface area contributed by atoms with Crippen LogP contribution in [-0.2, 0) is 4.74 Å². The molecule has 0 aliphatic carbocycles. The van der Waals surface area contributed by atoms with Crippen molar-refractivity contribution in [3.63, 3.8) is 0 Å². The summed E-state index contributed by atoms with van der Waals surface area (Å²) in [6.07, 6.45) is 0. The highest BCUT2D eigenvalue weighted by atomic mass is 16.5. The average Bonchev–Trinajstić information content (AvgIpc) is 2.48. The van der Waals surface area contributed by atoms with Gasteiger partial charge < -0.3 is 4.74 Å². The van der Waals surface area contributed by atoms with Crippen LogP contribution in [0.4, 0.5) is 11.4 Å². The lowest BCUT2D eigenvalue weighted by Crippen LogP contribution is -2.00. The third kappa shape index (κ3) is 3.37. The highest BCUT2D eigenvalue weighted by Gasteiger charge is 2.09. The Hall–Kier alpha value is -2.71. The number of para-hydroxylation sites is 2. The largest absolute Gasteiger partial charge is 0.465 e. The van der Waals surface area contributed by atoms with E-state index in [1.807, 2.05) is 30.3 Å². The van der Waals surface area contributed by atoms with E-state index in [1.54, 1.807) is 24.3 Å². The third-order valence-electron chi connectivity index (χ3n) is 2.42. The van der Waals surface area contributed by atoms with Gasteiger partial charge in [0.2, 0.25) is 0 Å². The van der Waals surface area contributed by atoms with Gasteiger partial charge in [-0.25, -0.2) is 4.79 Å². The maximum atomic E-state index is 11.5. The molecule has 2 aromatic carbocycles. The van der Waals surface area contributed by atoms with Crippen LogP contribution in [0.3, 0.4) is 0 Å². The molecule has 94 valence electrons. The highest BCUT2D eigenvalue weighted by molar-refractivity contribution is 5.95. The number of benzene rings is 2. The lowest BCUT2D eigenvalue weighted by molar-refractivity contribution is 0.0602. The Labute approximate surface area is 111 Å². The van der Waals surface area contributed by atoms with Crippen LogP contribution in [0.2, 0.25) is 0 Å². The molecular formula is C15H12N2O2. The van der Waals surface area contributed by atoms with Crippen molar-refractivity contribution in [2.45, 2.75) is 0 Å². The molecule has 0 amide bonds. The van der Waals surface area contributed by atoms with Crippen molar-refractivity contribution in [1.82, 2.24) is 0 Å². The molecule has 0 bridgehead atoms. The molecule has 0 atom stereocenters. The molecule has 0 N–H and O–H groups in total. The number of carbonyl (C=O) groups excluding carboxylic acids is 1. The zero-order valence-corrected chi connectivity index (χ0v) is 10.4. The molecule has 0 aliphatic heterocycles. The number of rotatable bonds is 3. The number of hydrogen-bond acceptors (Lipinski definition) is 4. The normalized spacial score (nSPS) is 9.32. The second-order valence-corrected chi connectivity index (χ2v) is 3.67. The van der Waals surface area contributed by atoms with E-state index >= 15 is 0 Å². The molecule has 0 spiro atoms. The van der Waals surface area contributed by atoms with Crippen LogP contribution in [0.5, 0.6) is 0 Å². The fraction of sp³-hybridized carbons (Fsp3) is 0.0667. The van der Waals surface area contributed by atoms with E-state index in [9.17, 15) is 4.79 Å². The minimum Gasteiger partial charge on any atom is -0.465 e. The number of hydrogen-bond donors (Lipinski definition) is 0. The van der Waals surface area contributed by atoms with Gasteiger partial charge in [-0.05, 0) is 24.3 Å². The molecule has 19 heavy (non-hydrogen) atoms. The summed E-state index contributed by atoms with van der Waals surface area (Å²) in [5.41, 5.74) is 1.62. The molecule has 4 nitrogen and oxygen atoms in total. The minimum atomic E-state index is -0.430. The first kappa shape index (κ1) is 12.7. The second-order valence-electron chi connectivity index (χ2n) is 3.67. The highest BCUT2D eigenvalue weighted by Crippen LogP contribution is 2.18. The van der Waals surface area contributed by atoms with E-state index in [1.165, 1.54) is 7.11 Å². The van der Waals surface area contributed by atoms with E-state index in [4.69, 9.17) is 0 Å². The molecule has 2 aromatic rings. The number of aliphatic imine (C=N–C) groups is 2. The van der Waals surface area contributed by atoms with Crippen molar-refractivity contribution in [1.29, 1.82) is 0 Å². The van der Waals surface area contributed by atoms with Gasteiger partial charge in [0.15, 0.2) is 0 Å². The summed E-state index contributed by atoms with van der Waals surface area (Å²) < 4.78 is 4.68. The number of ether oxygens (including phenoxy) is 1. The molecule has 0 radical (unpaired) electrons. The summed E-state index contributed by atoms with van der Waals surface area (Å²) in [5, 5.41) is 0. The fourth-order valence-corrected chi connectivity index (χ4v) is 1.49. The number of esters is 1. The van der Waals surface area contributed by atoms with Gasteiger partial charge in [-0.1, -0.05) is 30.3 Å². The quantitative estimate of drug-likeness (QED) is 0.619. The Balaban J connectivity index is 2.29. The van der Waals surface area contributed by atoms with Gasteiger partial charge in [-0.3, -0.25) is 0 Å². The monoisotopic (exact) mass is 252 g/mol. The van der Waals surface area contributed by atoms with Crippen LogP contribution in [0.1, 0.15) is 10.4 Å². The molecule has 0 fully saturated rings.